The maximum absolute atomic E-state index is 13.9. The second kappa shape index (κ2) is 13.2. The van der Waals surface area contributed by atoms with E-state index in [0.29, 0.717) is 61.1 Å². The van der Waals surface area contributed by atoms with Gasteiger partial charge in [0.25, 0.3) is 11.8 Å². The van der Waals surface area contributed by atoms with E-state index in [1.807, 2.05) is 0 Å². The lowest BCUT2D eigenvalue weighted by Gasteiger charge is -2.31. The van der Waals surface area contributed by atoms with Crippen LogP contribution < -0.4 is 0 Å². The molecule has 2 heterocycles. The van der Waals surface area contributed by atoms with Crippen molar-refractivity contribution < 1.29 is 31.9 Å². The number of hydrogen-bond donors (Lipinski definition) is 0. The number of nitrogens with zero attached hydrogens (tertiary/aromatic N) is 4. The molecular formula is C31H29ClF4N4O3. The summed E-state index contributed by atoms with van der Waals surface area (Å²) in [6.07, 6.45) is -4.24. The zero-order valence-corrected chi connectivity index (χ0v) is 23.8. The number of halogens is 5. The average molecular weight is 617 g/mol. The number of alkyl halides is 3. The van der Waals surface area contributed by atoms with Gasteiger partial charge in [-0.2, -0.15) is 18.3 Å². The Labute approximate surface area is 251 Å². The summed E-state index contributed by atoms with van der Waals surface area (Å²) < 4.78 is 58.5. The second-order valence-corrected chi connectivity index (χ2v) is 10.7. The van der Waals surface area contributed by atoms with Gasteiger partial charge in [0.15, 0.2) is 0 Å². The molecule has 2 aliphatic rings. The molecule has 0 N–H and O–H groups in total. The van der Waals surface area contributed by atoms with E-state index in [9.17, 15) is 27.2 Å². The molecule has 0 saturated carbocycles. The third kappa shape index (κ3) is 7.41. The zero-order chi connectivity index (χ0) is 30.6. The topological polar surface area (TPSA) is 65.5 Å². The fraction of sp³-hybridized carbons (Fsp3) is 0.323. The molecular weight excluding hydrogens is 588 g/mol. The van der Waals surface area contributed by atoms with Crippen molar-refractivity contribution in [3.05, 3.63) is 106 Å². The van der Waals surface area contributed by atoms with Crippen molar-refractivity contribution in [1.29, 1.82) is 0 Å². The number of carbonyl (C=O) groups excluding carboxylic acids is 2. The van der Waals surface area contributed by atoms with E-state index in [-0.39, 0.29) is 18.7 Å². The number of carbonyl (C=O) groups is 2. The Kier molecular flexibility index (Phi) is 9.43. The molecule has 3 aromatic rings. The predicted octanol–water partition coefficient (Wildman–Crippen LogP) is 5.65. The van der Waals surface area contributed by atoms with Gasteiger partial charge in [-0.1, -0.05) is 41.9 Å². The van der Waals surface area contributed by atoms with Crippen LogP contribution in [0.1, 0.15) is 39.5 Å². The summed E-state index contributed by atoms with van der Waals surface area (Å²) in [6, 6.07) is 16.2. The van der Waals surface area contributed by atoms with Gasteiger partial charge in [-0.25, -0.2) is 9.40 Å². The van der Waals surface area contributed by atoms with Crippen LogP contribution in [0.4, 0.5) is 17.6 Å². The molecule has 0 bridgehead atoms. The fourth-order valence-corrected chi connectivity index (χ4v) is 5.35. The minimum atomic E-state index is -4.55. The lowest BCUT2D eigenvalue weighted by molar-refractivity contribution is -0.137. The van der Waals surface area contributed by atoms with Crippen LogP contribution in [0.25, 0.3) is 0 Å². The highest BCUT2D eigenvalue weighted by Gasteiger charge is 2.35. The Balaban J connectivity index is 1.42. The molecule has 1 atom stereocenters. The van der Waals surface area contributed by atoms with Crippen molar-refractivity contribution in [3.63, 3.8) is 0 Å². The van der Waals surface area contributed by atoms with E-state index in [2.05, 4.69) is 10.0 Å². The summed E-state index contributed by atoms with van der Waals surface area (Å²) in [7, 11) is 0. The first-order valence-corrected chi connectivity index (χ1v) is 14.1. The van der Waals surface area contributed by atoms with Crippen LogP contribution >= 0.6 is 11.6 Å². The molecule has 2 aliphatic heterocycles. The third-order valence-electron chi connectivity index (χ3n) is 7.47. The Hall–Kier alpha value is -3.80. The molecule has 1 fully saturated rings. The first kappa shape index (κ1) is 30.7. The molecule has 5 rings (SSSR count). The predicted molar refractivity (Wildman–Crippen MR) is 153 cm³/mol. The lowest BCUT2D eigenvalue weighted by atomic mass is 9.98. The molecule has 3 aromatic carbocycles. The molecule has 2 amide bonds. The maximum atomic E-state index is 13.9. The van der Waals surface area contributed by atoms with Crippen molar-refractivity contribution in [2.24, 2.45) is 5.10 Å². The van der Waals surface area contributed by atoms with Gasteiger partial charge in [0.1, 0.15) is 12.4 Å². The van der Waals surface area contributed by atoms with Crippen LogP contribution in [-0.4, -0.2) is 78.3 Å². The Morgan fingerprint density at radius 1 is 0.977 bits per heavy atom. The zero-order valence-electron chi connectivity index (χ0n) is 23.1. The average Bonchev–Trinajstić information content (AvgIpc) is 3.45. The molecule has 226 valence electrons. The summed E-state index contributed by atoms with van der Waals surface area (Å²) in [5, 5.41) is 6.35. The number of morpholine rings is 1. The van der Waals surface area contributed by atoms with E-state index in [0.717, 1.165) is 24.3 Å². The molecule has 12 heteroatoms. The first-order valence-electron chi connectivity index (χ1n) is 13.8. The molecule has 0 aromatic heterocycles. The number of hydrazone groups is 1. The molecule has 1 saturated heterocycles. The van der Waals surface area contributed by atoms with Crippen LogP contribution in [0.5, 0.6) is 0 Å². The lowest BCUT2D eigenvalue weighted by Crippen LogP contribution is -2.46. The monoisotopic (exact) mass is 616 g/mol. The Morgan fingerprint density at radius 3 is 2.30 bits per heavy atom. The Morgan fingerprint density at radius 2 is 1.65 bits per heavy atom. The number of benzene rings is 3. The van der Waals surface area contributed by atoms with Crippen LogP contribution in [0.2, 0.25) is 5.02 Å². The van der Waals surface area contributed by atoms with Gasteiger partial charge < -0.3 is 9.64 Å². The van der Waals surface area contributed by atoms with Crippen LogP contribution in [0.15, 0.2) is 77.9 Å². The molecule has 0 aliphatic carbocycles. The van der Waals surface area contributed by atoms with E-state index in [1.54, 1.807) is 36.4 Å². The summed E-state index contributed by atoms with van der Waals surface area (Å²) in [5.41, 5.74) is 1.01. The van der Waals surface area contributed by atoms with Gasteiger partial charge in [0.2, 0.25) is 0 Å². The molecule has 0 spiro atoms. The summed E-state index contributed by atoms with van der Waals surface area (Å²) in [6.45, 7) is 2.61. The fourth-order valence-electron chi connectivity index (χ4n) is 5.10. The highest BCUT2D eigenvalue weighted by Crippen LogP contribution is 2.35. The van der Waals surface area contributed by atoms with Crippen molar-refractivity contribution in [3.8, 4) is 0 Å². The molecule has 0 unspecified atom stereocenters. The highest BCUT2D eigenvalue weighted by atomic mass is 35.5. The molecule has 43 heavy (non-hydrogen) atoms. The second-order valence-electron chi connectivity index (χ2n) is 10.3. The van der Waals surface area contributed by atoms with Gasteiger partial charge in [-0.15, -0.1) is 0 Å². The van der Waals surface area contributed by atoms with Crippen LogP contribution in [0, 0.1) is 5.82 Å². The number of rotatable bonds is 8. The van der Waals surface area contributed by atoms with Gasteiger partial charge in [0.05, 0.1) is 30.5 Å². The minimum absolute atomic E-state index is 0.0274. The van der Waals surface area contributed by atoms with E-state index < -0.39 is 35.4 Å². The molecule has 7 nitrogen and oxygen atoms in total. The van der Waals surface area contributed by atoms with E-state index in [4.69, 9.17) is 16.3 Å². The summed E-state index contributed by atoms with van der Waals surface area (Å²) in [4.78, 5) is 30.9. The third-order valence-corrected chi connectivity index (χ3v) is 7.80. The van der Waals surface area contributed by atoms with Crippen molar-refractivity contribution in [1.82, 2.24) is 14.8 Å². The van der Waals surface area contributed by atoms with E-state index >= 15 is 0 Å². The minimum Gasteiger partial charge on any atom is -0.379 e. The largest absolute Gasteiger partial charge is 0.416 e. The van der Waals surface area contributed by atoms with Crippen LogP contribution in [0.3, 0.4) is 0 Å². The first-order chi connectivity index (χ1) is 20.6. The van der Waals surface area contributed by atoms with Gasteiger partial charge >= 0.3 is 6.18 Å². The quantitative estimate of drug-likeness (QED) is 0.307. The van der Waals surface area contributed by atoms with Gasteiger partial charge in [-0.05, 0) is 48.0 Å². The maximum Gasteiger partial charge on any atom is 0.416 e. The van der Waals surface area contributed by atoms with Crippen LogP contribution in [-0.2, 0) is 15.7 Å². The van der Waals surface area contributed by atoms with Gasteiger partial charge in [0, 0.05) is 48.7 Å². The van der Waals surface area contributed by atoms with E-state index in [1.165, 1.54) is 22.0 Å². The Bertz CT molecular complexity index is 1480. The normalized spacial score (nSPS) is 17.6. The summed E-state index contributed by atoms with van der Waals surface area (Å²) in [5.74, 6) is -1.51. The summed E-state index contributed by atoms with van der Waals surface area (Å²) >= 11 is 6.42. The number of amides is 2. The van der Waals surface area contributed by atoms with Crippen molar-refractivity contribution >= 4 is 29.1 Å². The smallest absolute Gasteiger partial charge is 0.379 e. The van der Waals surface area contributed by atoms with Crippen molar-refractivity contribution in [2.45, 2.75) is 18.6 Å². The number of ether oxygens (including phenoxy) is 1. The van der Waals surface area contributed by atoms with Crippen molar-refractivity contribution in [2.75, 3.05) is 45.9 Å². The van der Waals surface area contributed by atoms with Gasteiger partial charge in [-0.3, -0.25) is 14.5 Å². The highest BCUT2D eigenvalue weighted by molar-refractivity contribution is 6.34. The SMILES string of the molecule is O=C(c1ccc(C(F)(F)F)cc1)N(CCN1CCOCC1)CC(=O)N1N=C(c2ccccc2Cl)C[C@H]1c1ccc(F)cc1. The number of hydrogen-bond acceptors (Lipinski definition) is 5. The standard InChI is InChI=1S/C31H29ClF4N4O3/c32-26-4-2-1-3-25(26)27-19-28(21-7-11-24(33)12-8-21)40(37-27)29(41)20-39(14-13-38-15-17-43-18-16-38)30(42)22-5-9-23(10-6-22)31(34,35)36/h1-12,28H,13-20H2/t28-/m0/s1. The molecule has 0 radical (unpaired) electrons.